The van der Waals surface area contributed by atoms with E-state index < -0.39 is 0 Å². The molecule has 0 aliphatic carbocycles. The lowest BCUT2D eigenvalue weighted by molar-refractivity contribution is 0.0984. The molecule has 0 radical (unpaired) electrons. The maximum absolute atomic E-state index is 11.6. The van der Waals surface area contributed by atoms with Crippen molar-refractivity contribution in [3.05, 3.63) is 29.8 Å². The third kappa shape index (κ3) is 4.21. The lowest BCUT2D eigenvalue weighted by Gasteiger charge is -2.09. The van der Waals surface area contributed by atoms with Crippen molar-refractivity contribution in [3.63, 3.8) is 0 Å². The van der Waals surface area contributed by atoms with Gasteiger partial charge in [0.25, 0.3) is 0 Å². The number of para-hydroxylation sites is 1. The number of nitrogens with one attached hydrogen (secondary N) is 1. The van der Waals surface area contributed by atoms with Crippen molar-refractivity contribution >= 4 is 18.2 Å². The van der Waals surface area contributed by atoms with Gasteiger partial charge in [0.1, 0.15) is 12.4 Å². The number of rotatable bonds is 6. The average Bonchev–Trinajstić information content (AvgIpc) is 2.29. The maximum Gasteiger partial charge on any atom is 0.166 e. The van der Waals surface area contributed by atoms with Gasteiger partial charge in [0.05, 0.1) is 5.56 Å². The lowest BCUT2D eigenvalue weighted by Crippen LogP contribution is -2.16. The largest absolute Gasteiger partial charge is 0.492 e. The Hall–Kier alpha value is -1.06. The third-order valence-electron chi connectivity index (χ3n) is 2.12. The molecule has 0 heterocycles. The molecule has 0 aliphatic heterocycles. The number of carbonyl (C=O) groups is 1. The summed E-state index contributed by atoms with van der Waals surface area (Å²) in [6, 6.07) is 7.37. The van der Waals surface area contributed by atoms with E-state index in [-0.39, 0.29) is 18.2 Å². The molecule has 0 bridgehead atoms. The predicted octanol–water partition coefficient (Wildman–Crippen LogP) is 2.30. The van der Waals surface area contributed by atoms with Crippen LogP contribution in [0.25, 0.3) is 0 Å². The number of hydrogen-bond donors (Lipinski definition) is 1. The molecule has 0 amide bonds. The summed E-state index contributed by atoms with van der Waals surface area (Å²) in [5.74, 6) is 0.801. The first-order chi connectivity index (χ1) is 7.29. The Morgan fingerprint density at radius 3 is 2.69 bits per heavy atom. The maximum atomic E-state index is 11.6. The van der Waals surface area contributed by atoms with Gasteiger partial charge in [0.15, 0.2) is 5.78 Å². The molecule has 0 saturated heterocycles. The Bertz CT molecular complexity index is 329. The van der Waals surface area contributed by atoms with E-state index in [1.807, 2.05) is 32.2 Å². The van der Waals surface area contributed by atoms with Crippen LogP contribution in [0.2, 0.25) is 0 Å². The number of likely N-dealkylation sites (N-methyl/N-ethyl adjacent to an activating group) is 1. The van der Waals surface area contributed by atoms with Crippen LogP contribution in [0, 0.1) is 0 Å². The highest BCUT2D eigenvalue weighted by atomic mass is 35.5. The number of ketones is 1. The van der Waals surface area contributed by atoms with Gasteiger partial charge < -0.3 is 10.1 Å². The number of hydrogen-bond acceptors (Lipinski definition) is 3. The molecule has 0 unspecified atom stereocenters. The summed E-state index contributed by atoms with van der Waals surface area (Å²) >= 11 is 0. The number of Topliss-reactive ketones (excluding diaryl/α,β-unsaturated/α-hetero) is 1. The van der Waals surface area contributed by atoms with Crippen molar-refractivity contribution in [2.75, 3.05) is 20.2 Å². The molecule has 1 N–H and O–H groups in total. The summed E-state index contributed by atoms with van der Waals surface area (Å²) in [4.78, 5) is 11.6. The minimum Gasteiger partial charge on any atom is -0.492 e. The van der Waals surface area contributed by atoms with Gasteiger partial charge in [0, 0.05) is 13.0 Å². The van der Waals surface area contributed by atoms with Crippen molar-refractivity contribution in [2.24, 2.45) is 0 Å². The Kier molecular flexibility index (Phi) is 7.60. The van der Waals surface area contributed by atoms with Gasteiger partial charge in [-0.3, -0.25) is 4.79 Å². The molecular weight excluding hydrogens is 226 g/mol. The lowest BCUT2D eigenvalue weighted by atomic mass is 10.1. The average molecular weight is 244 g/mol. The van der Waals surface area contributed by atoms with E-state index in [0.717, 1.165) is 6.54 Å². The van der Waals surface area contributed by atoms with Crippen LogP contribution in [0.3, 0.4) is 0 Å². The van der Waals surface area contributed by atoms with E-state index in [1.54, 1.807) is 6.07 Å². The van der Waals surface area contributed by atoms with Crippen LogP contribution in [0.15, 0.2) is 24.3 Å². The van der Waals surface area contributed by atoms with Crippen LogP contribution in [-0.2, 0) is 0 Å². The number of benzene rings is 1. The number of halogens is 1. The summed E-state index contributed by atoms with van der Waals surface area (Å²) in [7, 11) is 1.87. The zero-order valence-electron chi connectivity index (χ0n) is 9.66. The summed E-state index contributed by atoms with van der Waals surface area (Å²) in [6.07, 6.45) is 0.506. The van der Waals surface area contributed by atoms with E-state index >= 15 is 0 Å². The molecule has 4 heteroatoms. The summed E-state index contributed by atoms with van der Waals surface area (Å²) in [5, 5.41) is 2.99. The standard InChI is InChI=1S/C12H17NO2.ClH/c1-3-11(14)10-6-4-5-7-12(10)15-9-8-13-2;/h4-7,13H,3,8-9H2,1-2H3;1H. The van der Waals surface area contributed by atoms with Crippen LogP contribution in [0.4, 0.5) is 0 Å². The number of carbonyl (C=O) groups excluding carboxylic acids is 1. The van der Waals surface area contributed by atoms with E-state index in [1.165, 1.54) is 0 Å². The van der Waals surface area contributed by atoms with Gasteiger partial charge in [0.2, 0.25) is 0 Å². The smallest absolute Gasteiger partial charge is 0.166 e. The number of ether oxygens (including phenoxy) is 1. The van der Waals surface area contributed by atoms with E-state index in [2.05, 4.69) is 5.32 Å². The van der Waals surface area contributed by atoms with E-state index in [0.29, 0.717) is 24.3 Å². The van der Waals surface area contributed by atoms with Crippen LogP contribution in [-0.4, -0.2) is 26.0 Å². The topological polar surface area (TPSA) is 38.3 Å². The van der Waals surface area contributed by atoms with E-state index in [9.17, 15) is 4.79 Å². The highest BCUT2D eigenvalue weighted by Gasteiger charge is 2.09. The Labute approximate surface area is 103 Å². The fraction of sp³-hybridized carbons (Fsp3) is 0.417. The predicted molar refractivity (Wildman–Crippen MR) is 67.7 cm³/mol. The third-order valence-corrected chi connectivity index (χ3v) is 2.12. The Morgan fingerprint density at radius 1 is 1.38 bits per heavy atom. The highest BCUT2D eigenvalue weighted by molar-refractivity contribution is 5.98. The molecule has 0 aromatic heterocycles. The molecule has 0 aliphatic rings. The molecule has 90 valence electrons. The monoisotopic (exact) mass is 243 g/mol. The summed E-state index contributed by atoms with van der Waals surface area (Å²) < 4.78 is 5.52. The molecule has 1 aromatic rings. The van der Waals surface area contributed by atoms with Crippen molar-refractivity contribution in [3.8, 4) is 5.75 Å². The Balaban J connectivity index is 0.00000225. The highest BCUT2D eigenvalue weighted by Crippen LogP contribution is 2.19. The first kappa shape index (κ1) is 14.9. The molecule has 0 spiro atoms. The van der Waals surface area contributed by atoms with Gasteiger partial charge in [-0.2, -0.15) is 0 Å². The minimum atomic E-state index is 0. The van der Waals surface area contributed by atoms with Crippen molar-refractivity contribution < 1.29 is 9.53 Å². The quantitative estimate of drug-likeness (QED) is 0.616. The zero-order chi connectivity index (χ0) is 11.1. The molecule has 0 fully saturated rings. The fourth-order valence-corrected chi connectivity index (χ4v) is 1.28. The van der Waals surface area contributed by atoms with Gasteiger partial charge in [-0.15, -0.1) is 12.4 Å². The van der Waals surface area contributed by atoms with Crippen molar-refractivity contribution in [2.45, 2.75) is 13.3 Å². The molecule has 3 nitrogen and oxygen atoms in total. The summed E-state index contributed by atoms with van der Waals surface area (Å²) in [6.45, 7) is 3.20. The first-order valence-electron chi connectivity index (χ1n) is 5.19. The molecule has 0 saturated carbocycles. The molecule has 1 aromatic carbocycles. The second-order valence-electron chi connectivity index (χ2n) is 3.22. The van der Waals surface area contributed by atoms with Gasteiger partial charge >= 0.3 is 0 Å². The SMILES string of the molecule is CCC(=O)c1ccccc1OCCNC.Cl. The van der Waals surface area contributed by atoms with Crippen LogP contribution in [0.1, 0.15) is 23.7 Å². The van der Waals surface area contributed by atoms with Crippen LogP contribution >= 0.6 is 12.4 Å². The van der Waals surface area contributed by atoms with Gasteiger partial charge in [-0.25, -0.2) is 0 Å². The van der Waals surface area contributed by atoms with Crippen molar-refractivity contribution in [1.82, 2.24) is 5.32 Å². The zero-order valence-corrected chi connectivity index (χ0v) is 10.5. The minimum absolute atomic E-state index is 0. The normalized spacial score (nSPS) is 9.38. The molecular formula is C12H18ClNO2. The second kappa shape index (κ2) is 8.13. The molecule has 16 heavy (non-hydrogen) atoms. The molecule has 0 atom stereocenters. The first-order valence-corrected chi connectivity index (χ1v) is 5.19. The van der Waals surface area contributed by atoms with Crippen molar-refractivity contribution in [1.29, 1.82) is 0 Å². The fourth-order valence-electron chi connectivity index (χ4n) is 1.28. The van der Waals surface area contributed by atoms with E-state index in [4.69, 9.17) is 4.74 Å². The van der Waals surface area contributed by atoms with Crippen LogP contribution in [0.5, 0.6) is 5.75 Å². The molecule has 1 rings (SSSR count). The van der Waals surface area contributed by atoms with Gasteiger partial charge in [-0.1, -0.05) is 19.1 Å². The van der Waals surface area contributed by atoms with Gasteiger partial charge in [-0.05, 0) is 19.2 Å². The second-order valence-corrected chi connectivity index (χ2v) is 3.22. The van der Waals surface area contributed by atoms with Crippen LogP contribution < -0.4 is 10.1 Å². The Morgan fingerprint density at radius 2 is 2.06 bits per heavy atom. The summed E-state index contributed by atoms with van der Waals surface area (Å²) in [5.41, 5.74) is 0.677.